The van der Waals surface area contributed by atoms with E-state index in [1.807, 2.05) is 18.2 Å². The second kappa shape index (κ2) is 6.45. The van der Waals surface area contributed by atoms with E-state index < -0.39 is 9.84 Å². The first-order valence-corrected chi connectivity index (χ1v) is 9.68. The van der Waals surface area contributed by atoms with Gasteiger partial charge in [0.25, 0.3) is 0 Å². The third-order valence-corrected chi connectivity index (χ3v) is 4.72. The van der Waals surface area contributed by atoms with Crippen LogP contribution < -0.4 is 0 Å². The molecule has 0 unspecified atom stereocenters. The van der Waals surface area contributed by atoms with Gasteiger partial charge in [0, 0.05) is 29.6 Å². The van der Waals surface area contributed by atoms with Crippen LogP contribution in [0.15, 0.2) is 22.7 Å². The molecule has 0 bridgehead atoms. The maximum absolute atomic E-state index is 11.2. The van der Waals surface area contributed by atoms with Gasteiger partial charge in [-0.15, -0.1) is 11.6 Å². The highest BCUT2D eigenvalue weighted by Crippen LogP contribution is 2.22. The Bertz CT molecular complexity index is 712. The molecule has 0 aliphatic carbocycles. The molecule has 0 aliphatic heterocycles. The third kappa shape index (κ3) is 3.96. The van der Waals surface area contributed by atoms with Gasteiger partial charge in [0.2, 0.25) is 0 Å². The largest absolute Gasteiger partial charge is 0.328 e. The fraction of sp³-hybridized carbons (Fsp3) is 0.462. The Morgan fingerprint density at radius 3 is 2.80 bits per heavy atom. The molecule has 0 fully saturated rings. The van der Waals surface area contributed by atoms with Gasteiger partial charge in [-0.25, -0.2) is 13.4 Å². The van der Waals surface area contributed by atoms with E-state index >= 15 is 0 Å². The van der Waals surface area contributed by atoms with Crippen LogP contribution in [0.4, 0.5) is 0 Å². The van der Waals surface area contributed by atoms with Crippen LogP contribution in [0.3, 0.4) is 0 Å². The Balaban J connectivity index is 2.32. The van der Waals surface area contributed by atoms with E-state index in [9.17, 15) is 8.42 Å². The van der Waals surface area contributed by atoms with Crippen LogP contribution in [0, 0.1) is 0 Å². The summed E-state index contributed by atoms with van der Waals surface area (Å²) in [6, 6.07) is 5.89. The Morgan fingerprint density at radius 2 is 2.15 bits per heavy atom. The monoisotopic (exact) mass is 378 g/mol. The highest BCUT2D eigenvalue weighted by atomic mass is 79.9. The van der Waals surface area contributed by atoms with E-state index in [1.165, 1.54) is 6.26 Å². The number of aryl methyl sites for hydroxylation is 2. The van der Waals surface area contributed by atoms with E-state index in [0.29, 0.717) is 25.3 Å². The van der Waals surface area contributed by atoms with E-state index in [4.69, 9.17) is 11.6 Å². The number of hydrogen-bond acceptors (Lipinski definition) is 3. The summed E-state index contributed by atoms with van der Waals surface area (Å²) in [5, 5.41) is 0. The number of hydrogen-bond donors (Lipinski definition) is 0. The predicted molar refractivity (Wildman–Crippen MR) is 86.2 cm³/mol. The maximum atomic E-state index is 11.2. The van der Waals surface area contributed by atoms with Crippen molar-refractivity contribution >= 4 is 48.4 Å². The minimum atomic E-state index is -2.93. The molecule has 2 aromatic rings. The fourth-order valence-corrected chi connectivity index (χ4v) is 3.33. The molecule has 0 saturated carbocycles. The number of halogens is 2. The molecule has 7 heteroatoms. The molecular weight excluding hydrogens is 364 g/mol. The summed E-state index contributed by atoms with van der Waals surface area (Å²) < 4.78 is 25.5. The molecule has 0 aliphatic rings. The summed E-state index contributed by atoms with van der Waals surface area (Å²) in [6.07, 6.45) is 2.51. The highest BCUT2D eigenvalue weighted by molar-refractivity contribution is 9.10. The van der Waals surface area contributed by atoms with Crippen LogP contribution in [0.2, 0.25) is 0 Å². The van der Waals surface area contributed by atoms with Gasteiger partial charge in [0.15, 0.2) is 0 Å². The van der Waals surface area contributed by atoms with Crippen LogP contribution in [0.1, 0.15) is 12.2 Å². The molecule has 0 saturated heterocycles. The Labute approximate surface area is 132 Å². The van der Waals surface area contributed by atoms with Gasteiger partial charge < -0.3 is 4.57 Å². The standard InChI is InChI=1S/C13H16BrClN2O2S/c1-20(18,19)8-2-7-17-12-9-10(14)3-4-11(12)16-13(17)5-6-15/h3-4,9H,2,5-8H2,1H3. The van der Waals surface area contributed by atoms with Crippen molar-refractivity contribution in [2.24, 2.45) is 0 Å². The maximum Gasteiger partial charge on any atom is 0.147 e. The molecule has 0 radical (unpaired) electrons. The lowest BCUT2D eigenvalue weighted by molar-refractivity contribution is 0.590. The molecule has 20 heavy (non-hydrogen) atoms. The molecule has 1 aromatic heterocycles. The minimum Gasteiger partial charge on any atom is -0.328 e. The number of imidazole rings is 1. The Morgan fingerprint density at radius 1 is 1.40 bits per heavy atom. The van der Waals surface area contributed by atoms with Crippen molar-refractivity contribution in [1.29, 1.82) is 0 Å². The molecule has 110 valence electrons. The van der Waals surface area contributed by atoms with Crippen molar-refractivity contribution in [3.8, 4) is 0 Å². The summed E-state index contributed by atoms with van der Waals surface area (Å²) in [5.41, 5.74) is 1.92. The number of aromatic nitrogens is 2. The summed E-state index contributed by atoms with van der Waals surface area (Å²) in [5.74, 6) is 1.58. The number of rotatable bonds is 6. The number of alkyl halides is 1. The first kappa shape index (κ1) is 15.8. The van der Waals surface area contributed by atoms with Gasteiger partial charge in [-0.05, 0) is 24.6 Å². The van der Waals surface area contributed by atoms with Crippen molar-refractivity contribution in [2.45, 2.75) is 19.4 Å². The Hall–Kier alpha value is -0.590. The van der Waals surface area contributed by atoms with Crippen molar-refractivity contribution in [3.63, 3.8) is 0 Å². The lowest BCUT2D eigenvalue weighted by atomic mass is 10.3. The van der Waals surface area contributed by atoms with Crippen LogP contribution >= 0.6 is 27.5 Å². The predicted octanol–water partition coefficient (Wildman–Crippen LogP) is 3.01. The van der Waals surface area contributed by atoms with Gasteiger partial charge in [0.1, 0.15) is 15.7 Å². The smallest absolute Gasteiger partial charge is 0.147 e. The van der Waals surface area contributed by atoms with Crippen LogP contribution in [0.5, 0.6) is 0 Å². The van der Waals surface area contributed by atoms with Gasteiger partial charge in [-0.3, -0.25) is 0 Å². The van der Waals surface area contributed by atoms with Gasteiger partial charge in [-0.1, -0.05) is 15.9 Å². The average molecular weight is 380 g/mol. The molecule has 0 spiro atoms. The zero-order valence-electron chi connectivity index (χ0n) is 11.1. The fourth-order valence-electron chi connectivity index (χ4n) is 2.16. The van der Waals surface area contributed by atoms with Crippen LogP contribution in [0.25, 0.3) is 11.0 Å². The normalized spacial score (nSPS) is 12.2. The lowest BCUT2D eigenvalue weighted by Crippen LogP contribution is -2.10. The lowest BCUT2D eigenvalue weighted by Gasteiger charge is -2.08. The molecule has 1 aromatic carbocycles. The van der Waals surface area contributed by atoms with Crippen LogP contribution in [-0.4, -0.2) is 35.9 Å². The van der Waals surface area contributed by atoms with E-state index in [-0.39, 0.29) is 5.75 Å². The summed E-state index contributed by atoms with van der Waals surface area (Å²) in [6.45, 7) is 0.631. The third-order valence-electron chi connectivity index (χ3n) is 3.00. The molecule has 0 amide bonds. The van der Waals surface area contributed by atoms with E-state index in [0.717, 1.165) is 21.3 Å². The average Bonchev–Trinajstić information content (AvgIpc) is 2.66. The van der Waals surface area contributed by atoms with Crippen LogP contribution in [-0.2, 0) is 22.8 Å². The van der Waals surface area contributed by atoms with E-state index in [2.05, 4.69) is 25.5 Å². The summed E-state index contributed by atoms with van der Waals surface area (Å²) in [4.78, 5) is 4.57. The molecule has 1 heterocycles. The molecule has 0 atom stereocenters. The molecule has 2 rings (SSSR count). The SMILES string of the molecule is CS(=O)(=O)CCCn1c(CCCl)nc2ccc(Br)cc21. The summed E-state index contributed by atoms with van der Waals surface area (Å²) in [7, 11) is -2.93. The first-order valence-electron chi connectivity index (χ1n) is 6.29. The zero-order chi connectivity index (χ0) is 14.8. The molecular formula is C13H16BrClN2O2S. The Kier molecular flexibility index (Phi) is 5.09. The quantitative estimate of drug-likeness (QED) is 0.725. The number of fused-ring (bicyclic) bond motifs is 1. The van der Waals surface area contributed by atoms with Crippen molar-refractivity contribution in [2.75, 3.05) is 17.9 Å². The van der Waals surface area contributed by atoms with E-state index in [1.54, 1.807) is 0 Å². The minimum absolute atomic E-state index is 0.182. The van der Waals surface area contributed by atoms with Crippen molar-refractivity contribution in [1.82, 2.24) is 9.55 Å². The summed E-state index contributed by atoms with van der Waals surface area (Å²) >= 11 is 9.27. The van der Waals surface area contributed by atoms with Gasteiger partial charge >= 0.3 is 0 Å². The number of nitrogens with zero attached hydrogens (tertiary/aromatic N) is 2. The molecule has 4 nitrogen and oxygen atoms in total. The van der Waals surface area contributed by atoms with Gasteiger partial charge in [0.05, 0.1) is 16.8 Å². The number of sulfone groups is 1. The van der Waals surface area contributed by atoms with Crippen molar-refractivity contribution < 1.29 is 8.42 Å². The topological polar surface area (TPSA) is 52.0 Å². The van der Waals surface area contributed by atoms with Gasteiger partial charge in [-0.2, -0.15) is 0 Å². The highest BCUT2D eigenvalue weighted by Gasteiger charge is 2.11. The zero-order valence-corrected chi connectivity index (χ0v) is 14.3. The second-order valence-corrected chi connectivity index (χ2v) is 8.29. The van der Waals surface area contributed by atoms with Crippen molar-refractivity contribution in [3.05, 3.63) is 28.5 Å². The molecule has 0 N–H and O–H groups in total. The number of benzene rings is 1. The second-order valence-electron chi connectivity index (χ2n) is 4.74. The first-order chi connectivity index (χ1) is 9.40.